The fraction of sp³-hybridized carbons (Fsp3) is 0.222. The van der Waals surface area contributed by atoms with Crippen LogP contribution < -0.4 is 0 Å². The van der Waals surface area contributed by atoms with E-state index in [1.807, 2.05) is 22.9 Å². The number of halogens is 1. The summed E-state index contributed by atoms with van der Waals surface area (Å²) in [6, 6.07) is 6.05. The molecule has 0 N–H and O–H groups in total. The maximum atomic E-state index is 4.38. The van der Waals surface area contributed by atoms with E-state index in [4.69, 9.17) is 0 Å². The number of rotatable bonds is 1. The fourth-order valence-corrected chi connectivity index (χ4v) is 1.68. The van der Waals surface area contributed by atoms with Gasteiger partial charge < -0.3 is 0 Å². The zero-order valence-corrected chi connectivity index (χ0v) is 8.37. The van der Waals surface area contributed by atoms with Gasteiger partial charge in [-0.2, -0.15) is 5.10 Å². The number of aromatic nitrogens is 2. The molecular weight excluding hydrogens is 216 g/mol. The highest BCUT2D eigenvalue weighted by atomic mass is 79.9. The molecule has 12 heavy (non-hydrogen) atoms. The predicted molar refractivity (Wildman–Crippen MR) is 53.1 cm³/mol. The van der Waals surface area contributed by atoms with Crippen molar-refractivity contribution in [2.45, 2.75) is 13.5 Å². The first kappa shape index (κ1) is 7.80. The molecule has 0 saturated heterocycles. The second-order valence-corrected chi connectivity index (χ2v) is 3.51. The van der Waals surface area contributed by atoms with Crippen LogP contribution in [0.3, 0.4) is 0 Å². The Balaban J connectivity index is 2.74. The highest BCUT2D eigenvalue weighted by Crippen LogP contribution is 2.22. The smallest absolute Gasteiger partial charge is 0.0934 e. The van der Waals surface area contributed by atoms with Crippen molar-refractivity contribution >= 4 is 26.8 Å². The van der Waals surface area contributed by atoms with Gasteiger partial charge in [-0.25, -0.2) is 0 Å². The predicted octanol–water partition coefficient (Wildman–Crippen LogP) is 2.82. The van der Waals surface area contributed by atoms with Crippen molar-refractivity contribution in [1.29, 1.82) is 0 Å². The van der Waals surface area contributed by atoms with Gasteiger partial charge in [0.15, 0.2) is 0 Å². The Bertz CT molecular complexity index is 406. The van der Waals surface area contributed by atoms with E-state index in [0.29, 0.717) is 0 Å². The number of aryl methyl sites for hydroxylation is 1. The molecule has 0 radical (unpaired) electrons. The van der Waals surface area contributed by atoms with Gasteiger partial charge in [0, 0.05) is 22.6 Å². The largest absolute Gasteiger partial charge is 0.272 e. The third kappa shape index (κ3) is 1.14. The van der Waals surface area contributed by atoms with E-state index in [1.165, 1.54) is 5.39 Å². The van der Waals surface area contributed by atoms with Crippen LogP contribution in [0.15, 0.2) is 28.9 Å². The summed E-state index contributed by atoms with van der Waals surface area (Å²) in [4.78, 5) is 0. The van der Waals surface area contributed by atoms with E-state index in [9.17, 15) is 0 Å². The van der Waals surface area contributed by atoms with Crippen LogP contribution in [0.4, 0.5) is 0 Å². The number of hydrogen-bond donors (Lipinski definition) is 0. The van der Waals surface area contributed by atoms with Gasteiger partial charge in [-0.1, -0.05) is 22.0 Å². The molecule has 2 aromatic rings. The Morgan fingerprint density at radius 3 is 3.00 bits per heavy atom. The standard InChI is InChI=1S/C9H9BrN2/c1-2-12-6-7-8(10)4-3-5-9(7)11-12/h3-6H,2H2,1H3. The van der Waals surface area contributed by atoms with Crippen LogP contribution in [0.1, 0.15) is 6.92 Å². The minimum atomic E-state index is 0.918. The normalized spacial score (nSPS) is 10.8. The minimum Gasteiger partial charge on any atom is -0.272 e. The van der Waals surface area contributed by atoms with E-state index >= 15 is 0 Å². The molecule has 0 bridgehead atoms. The Labute approximate surface area is 79.3 Å². The van der Waals surface area contributed by atoms with Gasteiger partial charge in [-0.3, -0.25) is 4.68 Å². The summed E-state index contributed by atoms with van der Waals surface area (Å²) in [6.07, 6.45) is 2.05. The molecular formula is C9H9BrN2. The summed E-state index contributed by atoms with van der Waals surface area (Å²) in [5.74, 6) is 0. The van der Waals surface area contributed by atoms with Crippen molar-refractivity contribution in [3.8, 4) is 0 Å². The maximum absolute atomic E-state index is 4.38. The lowest BCUT2D eigenvalue weighted by Gasteiger charge is -1.88. The van der Waals surface area contributed by atoms with Crippen LogP contribution in [-0.4, -0.2) is 9.78 Å². The fourth-order valence-electron chi connectivity index (χ4n) is 1.22. The van der Waals surface area contributed by atoms with Gasteiger partial charge >= 0.3 is 0 Å². The second-order valence-electron chi connectivity index (χ2n) is 2.66. The number of nitrogens with zero attached hydrogens (tertiary/aromatic N) is 2. The van der Waals surface area contributed by atoms with Gasteiger partial charge in [0.05, 0.1) is 5.52 Å². The number of hydrogen-bond acceptors (Lipinski definition) is 1. The van der Waals surface area contributed by atoms with Crippen molar-refractivity contribution < 1.29 is 0 Å². The van der Waals surface area contributed by atoms with Gasteiger partial charge in [0.2, 0.25) is 0 Å². The Hall–Kier alpha value is -0.830. The van der Waals surface area contributed by atoms with Crippen LogP contribution >= 0.6 is 15.9 Å². The summed E-state index contributed by atoms with van der Waals surface area (Å²) in [5, 5.41) is 5.56. The maximum Gasteiger partial charge on any atom is 0.0934 e. The van der Waals surface area contributed by atoms with Crippen LogP contribution in [0.25, 0.3) is 10.9 Å². The summed E-state index contributed by atoms with van der Waals surface area (Å²) in [6.45, 7) is 3.00. The molecule has 0 aliphatic rings. The first-order chi connectivity index (χ1) is 5.81. The molecule has 2 rings (SSSR count). The number of benzene rings is 1. The van der Waals surface area contributed by atoms with Crippen LogP contribution in [-0.2, 0) is 6.54 Å². The van der Waals surface area contributed by atoms with Gasteiger partial charge in [-0.15, -0.1) is 0 Å². The van der Waals surface area contributed by atoms with E-state index in [-0.39, 0.29) is 0 Å². The second kappa shape index (κ2) is 2.90. The minimum absolute atomic E-state index is 0.918. The molecule has 0 aliphatic heterocycles. The summed E-state index contributed by atoms with van der Waals surface area (Å²) in [5.41, 5.74) is 1.05. The Morgan fingerprint density at radius 1 is 1.50 bits per heavy atom. The Morgan fingerprint density at radius 2 is 2.33 bits per heavy atom. The zero-order valence-electron chi connectivity index (χ0n) is 6.79. The third-order valence-corrected chi connectivity index (χ3v) is 2.56. The van der Waals surface area contributed by atoms with Crippen molar-refractivity contribution in [2.75, 3.05) is 0 Å². The Kier molecular flexibility index (Phi) is 1.89. The molecule has 1 heterocycles. The molecule has 3 heteroatoms. The molecule has 2 nitrogen and oxygen atoms in total. The summed E-state index contributed by atoms with van der Waals surface area (Å²) in [7, 11) is 0. The number of fused-ring (bicyclic) bond motifs is 1. The average molecular weight is 225 g/mol. The molecule has 0 amide bonds. The average Bonchev–Trinajstić information content (AvgIpc) is 2.49. The molecule has 0 aliphatic carbocycles. The highest BCUT2D eigenvalue weighted by molar-refractivity contribution is 9.10. The third-order valence-electron chi connectivity index (χ3n) is 1.87. The summed E-state index contributed by atoms with van der Waals surface area (Å²) < 4.78 is 3.05. The topological polar surface area (TPSA) is 17.8 Å². The van der Waals surface area contributed by atoms with E-state index < -0.39 is 0 Å². The molecule has 1 aromatic carbocycles. The van der Waals surface area contributed by atoms with Crippen LogP contribution in [0.2, 0.25) is 0 Å². The molecule has 1 aromatic heterocycles. The van der Waals surface area contributed by atoms with Crippen molar-refractivity contribution in [1.82, 2.24) is 9.78 Å². The molecule has 0 saturated carbocycles. The molecule has 62 valence electrons. The van der Waals surface area contributed by atoms with Crippen molar-refractivity contribution in [2.24, 2.45) is 0 Å². The lowest BCUT2D eigenvalue weighted by atomic mass is 10.3. The molecule has 0 spiro atoms. The molecule has 0 atom stereocenters. The van der Waals surface area contributed by atoms with Gasteiger partial charge in [-0.05, 0) is 19.1 Å². The zero-order chi connectivity index (χ0) is 8.55. The first-order valence-electron chi connectivity index (χ1n) is 3.93. The molecule has 0 unspecified atom stereocenters. The monoisotopic (exact) mass is 224 g/mol. The van der Waals surface area contributed by atoms with Crippen molar-refractivity contribution in [3.63, 3.8) is 0 Å². The van der Waals surface area contributed by atoms with E-state index in [2.05, 4.69) is 34.1 Å². The first-order valence-corrected chi connectivity index (χ1v) is 4.72. The quantitative estimate of drug-likeness (QED) is 0.729. The molecule has 0 fully saturated rings. The summed E-state index contributed by atoms with van der Waals surface area (Å²) >= 11 is 3.49. The van der Waals surface area contributed by atoms with Gasteiger partial charge in [0.1, 0.15) is 0 Å². The van der Waals surface area contributed by atoms with Gasteiger partial charge in [0.25, 0.3) is 0 Å². The van der Waals surface area contributed by atoms with E-state index in [0.717, 1.165) is 16.5 Å². The van der Waals surface area contributed by atoms with Crippen LogP contribution in [0.5, 0.6) is 0 Å². The van der Waals surface area contributed by atoms with Crippen LogP contribution in [0, 0.1) is 0 Å². The highest BCUT2D eigenvalue weighted by Gasteiger charge is 2.01. The SMILES string of the molecule is CCn1cc2c(Br)cccc2n1. The van der Waals surface area contributed by atoms with E-state index in [1.54, 1.807) is 0 Å². The lowest BCUT2D eigenvalue weighted by Crippen LogP contribution is -1.92. The van der Waals surface area contributed by atoms with Crippen molar-refractivity contribution in [3.05, 3.63) is 28.9 Å². The lowest BCUT2D eigenvalue weighted by molar-refractivity contribution is 0.668.